The summed E-state index contributed by atoms with van der Waals surface area (Å²) in [6, 6.07) is 21.5. The van der Waals surface area contributed by atoms with Gasteiger partial charge in [-0.1, -0.05) is 42.5 Å². The normalized spacial score (nSPS) is 15.4. The summed E-state index contributed by atoms with van der Waals surface area (Å²) in [6.45, 7) is 1.69. The molecule has 1 aliphatic rings. The predicted octanol–water partition coefficient (Wildman–Crippen LogP) is 2.83. The zero-order valence-corrected chi connectivity index (χ0v) is 24.7. The number of benzene rings is 3. The number of allylic oxidation sites excluding steroid dienone is 1. The number of sulfone groups is 1. The number of nitrogens with zero attached hydrogens (tertiary/aromatic N) is 1. The molecule has 4 aromatic rings. The number of nitrogens with two attached hydrogens (primary N) is 1. The third kappa shape index (κ3) is 5.12. The number of carbonyl (C=O) groups excluding carboxylic acids is 1. The molecule has 0 fully saturated rings. The van der Waals surface area contributed by atoms with Crippen LogP contribution in [0.2, 0.25) is 0 Å². The van der Waals surface area contributed by atoms with Gasteiger partial charge in [-0.3, -0.25) is 9.36 Å². The molecule has 1 atom stereocenters. The van der Waals surface area contributed by atoms with Crippen molar-refractivity contribution in [2.24, 2.45) is 5.73 Å². The average molecular weight is 605 g/mol. The minimum atomic E-state index is -4.31. The molecule has 0 saturated carbocycles. The standard InChI is InChI=1S/C31H28N2O7S2/c1-4-40-31(35)26-25(20-12-16-22(39-3)17-13-20)27(42(36,37)23-8-6-5-7-9-23)28(32)33-29(34)24(41-30(26)33)18-19-10-14-21(38-2)15-11-19/h5-18,25H,4,32H2,1-3H3/b24-18+/t25-/m0/s1. The Balaban J connectivity index is 1.89. The van der Waals surface area contributed by atoms with E-state index in [1.54, 1.807) is 86.8 Å². The first-order chi connectivity index (χ1) is 20.2. The van der Waals surface area contributed by atoms with Crippen LogP contribution in [-0.2, 0) is 19.4 Å². The molecular formula is C31H28N2O7S2. The van der Waals surface area contributed by atoms with Crippen LogP contribution in [-0.4, -0.2) is 39.8 Å². The van der Waals surface area contributed by atoms with Gasteiger partial charge < -0.3 is 19.9 Å². The Morgan fingerprint density at radius 3 is 2.12 bits per heavy atom. The second-order valence-electron chi connectivity index (χ2n) is 9.24. The number of aromatic nitrogens is 1. The number of ether oxygens (including phenoxy) is 3. The minimum absolute atomic E-state index is 0.00204. The number of hydrogen-bond donors (Lipinski definition) is 1. The van der Waals surface area contributed by atoms with Crippen molar-refractivity contribution < 1.29 is 27.4 Å². The molecular weight excluding hydrogens is 576 g/mol. The summed E-state index contributed by atoms with van der Waals surface area (Å²) in [5.41, 5.74) is 7.24. The lowest BCUT2D eigenvalue weighted by molar-refractivity contribution is -0.136. The van der Waals surface area contributed by atoms with Crippen LogP contribution in [0.15, 0.2) is 93.5 Å². The van der Waals surface area contributed by atoms with Gasteiger partial charge in [0.25, 0.3) is 5.56 Å². The van der Waals surface area contributed by atoms with Crippen molar-refractivity contribution in [2.75, 3.05) is 20.8 Å². The van der Waals surface area contributed by atoms with E-state index >= 15 is 0 Å². The van der Waals surface area contributed by atoms with Crippen molar-refractivity contribution in [1.29, 1.82) is 0 Å². The molecule has 42 heavy (non-hydrogen) atoms. The number of fused-ring (bicyclic) bond motifs is 1. The van der Waals surface area contributed by atoms with Gasteiger partial charge in [0, 0.05) is 0 Å². The molecule has 0 aliphatic carbocycles. The first-order valence-corrected chi connectivity index (χ1v) is 15.2. The summed E-state index contributed by atoms with van der Waals surface area (Å²) in [5.74, 6) is -0.999. The minimum Gasteiger partial charge on any atom is -0.497 e. The molecule has 216 valence electrons. The van der Waals surface area contributed by atoms with E-state index in [-0.39, 0.29) is 37.0 Å². The molecule has 2 heterocycles. The van der Waals surface area contributed by atoms with Crippen LogP contribution in [0.25, 0.3) is 17.5 Å². The summed E-state index contributed by atoms with van der Waals surface area (Å²) < 4.78 is 46.0. The van der Waals surface area contributed by atoms with E-state index in [4.69, 9.17) is 19.9 Å². The summed E-state index contributed by atoms with van der Waals surface area (Å²) in [5, 5.41) is 0. The Morgan fingerprint density at radius 2 is 1.55 bits per heavy atom. The molecule has 1 aromatic heterocycles. The summed E-state index contributed by atoms with van der Waals surface area (Å²) in [4.78, 5) is 27.2. The maximum Gasteiger partial charge on any atom is 0.338 e. The lowest BCUT2D eigenvalue weighted by Crippen LogP contribution is -2.41. The van der Waals surface area contributed by atoms with E-state index in [9.17, 15) is 18.0 Å². The highest BCUT2D eigenvalue weighted by atomic mass is 32.2. The third-order valence-electron chi connectivity index (χ3n) is 6.80. The SMILES string of the molecule is CCOC(=O)C1=c2s/c(=C/c3ccc(OC)cc3)c(=O)n2C(N)=C(S(=O)(=O)c2ccccc2)[C@H]1c1ccc(OC)cc1. The van der Waals surface area contributed by atoms with Crippen LogP contribution in [0.5, 0.6) is 11.5 Å². The lowest BCUT2D eigenvalue weighted by atomic mass is 9.89. The van der Waals surface area contributed by atoms with Crippen LogP contribution in [0.3, 0.4) is 0 Å². The van der Waals surface area contributed by atoms with Crippen molar-refractivity contribution in [3.8, 4) is 11.5 Å². The van der Waals surface area contributed by atoms with Crippen molar-refractivity contribution in [1.82, 2.24) is 4.57 Å². The van der Waals surface area contributed by atoms with Gasteiger partial charge in [0.2, 0.25) is 9.84 Å². The Labute approximate surface area is 246 Å². The fourth-order valence-electron chi connectivity index (χ4n) is 4.79. The zero-order chi connectivity index (χ0) is 30.0. The van der Waals surface area contributed by atoms with Crippen LogP contribution < -0.4 is 30.0 Å². The molecule has 2 N–H and O–H groups in total. The van der Waals surface area contributed by atoms with Gasteiger partial charge in [-0.15, -0.1) is 11.3 Å². The largest absolute Gasteiger partial charge is 0.497 e. The number of thiazole rings is 1. The monoisotopic (exact) mass is 604 g/mol. The third-order valence-corrected chi connectivity index (χ3v) is 9.82. The highest BCUT2D eigenvalue weighted by Gasteiger charge is 2.42. The first-order valence-electron chi connectivity index (χ1n) is 12.9. The van der Waals surface area contributed by atoms with Gasteiger partial charge in [0.1, 0.15) is 26.9 Å². The van der Waals surface area contributed by atoms with Gasteiger partial charge >= 0.3 is 5.97 Å². The van der Waals surface area contributed by atoms with Crippen LogP contribution in [0, 0.1) is 0 Å². The average Bonchev–Trinajstić information content (AvgIpc) is 3.33. The molecule has 0 radical (unpaired) electrons. The van der Waals surface area contributed by atoms with E-state index in [2.05, 4.69) is 0 Å². The second kappa shape index (κ2) is 11.7. The molecule has 0 saturated heterocycles. The molecule has 0 spiro atoms. The Morgan fingerprint density at radius 1 is 0.952 bits per heavy atom. The molecule has 5 rings (SSSR count). The van der Waals surface area contributed by atoms with Gasteiger partial charge in [0.15, 0.2) is 0 Å². The molecule has 9 nitrogen and oxygen atoms in total. The van der Waals surface area contributed by atoms with E-state index in [0.717, 1.165) is 15.9 Å². The lowest BCUT2D eigenvalue weighted by Gasteiger charge is -2.28. The first kappa shape index (κ1) is 28.9. The van der Waals surface area contributed by atoms with E-state index < -0.39 is 27.3 Å². The smallest absolute Gasteiger partial charge is 0.338 e. The maximum absolute atomic E-state index is 14.3. The highest BCUT2D eigenvalue weighted by molar-refractivity contribution is 7.95. The molecule has 3 aromatic carbocycles. The van der Waals surface area contributed by atoms with E-state index in [1.807, 2.05) is 0 Å². The molecule has 1 aliphatic heterocycles. The Kier molecular flexibility index (Phi) is 8.06. The number of methoxy groups -OCH3 is 2. The number of carbonyl (C=O) groups is 1. The quantitative estimate of drug-likeness (QED) is 0.304. The van der Waals surface area contributed by atoms with Crippen LogP contribution in [0.1, 0.15) is 24.0 Å². The fourth-order valence-corrected chi connectivity index (χ4v) is 7.66. The van der Waals surface area contributed by atoms with Crippen LogP contribution in [0.4, 0.5) is 0 Å². The predicted molar refractivity (Wildman–Crippen MR) is 161 cm³/mol. The summed E-state index contributed by atoms with van der Waals surface area (Å²) >= 11 is 1.04. The maximum atomic E-state index is 14.3. The van der Waals surface area contributed by atoms with Gasteiger partial charge in [-0.2, -0.15) is 0 Å². The topological polar surface area (TPSA) is 127 Å². The molecule has 0 bridgehead atoms. The van der Waals surface area contributed by atoms with Gasteiger partial charge in [0.05, 0.1) is 41.7 Å². The summed E-state index contributed by atoms with van der Waals surface area (Å²) in [7, 11) is -1.24. The Bertz CT molecular complexity index is 1960. The van der Waals surface area contributed by atoms with E-state index in [0.29, 0.717) is 22.6 Å². The van der Waals surface area contributed by atoms with Crippen molar-refractivity contribution in [3.05, 3.63) is 114 Å². The second-order valence-corrected chi connectivity index (χ2v) is 12.2. The number of esters is 1. The van der Waals surface area contributed by atoms with Crippen LogP contribution >= 0.6 is 11.3 Å². The zero-order valence-electron chi connectivity index (χ0n) is 23.1. The Hall–Kier alpha value is -4.61. The van der Waals surface area contributed by atoms with Crippen molar-refractivity contribution in [3.63, 3.8) is 0 Å². The van der Waals surface area contributed by atoms with Crippen molar-refractivity contribution >= 4 is 44.6 Å². The highest BCUT2D eigenvalue weighted by Crippen LogP contribution is 2.42. The fraction of sp³-hybridized carbons (Fsp3) is 0.161. The van der Waals surface area contributed by atoms with E-state index in [1.165, 1.54) is 19.2 Å². The molecule has 11 heteroatoms. The van der Waals surface area contributed by atoms with Gasteiger partial charge in [-0.25, -0.2) is 13.2 Å². The number of hydrogen-bond acceptors (Lipinski definition) is 9. The molecule has 0 unspecified atom stereocenters. The molecule has 0 amide bonds. The summed E-state index contributed by atoms with van der Waals surface area (Å²) in [6.07, 6.45) is 1.65. The van der Waals surface area contributed by atoms with Gasteiger partial charge in [-0.05, 0) is 60.5 Å². The van der Waals surface area contributed by atoms with Crippen molar-refractivity contribution in [2.45, 2.75) is 17.7 Å². The number of rotatable bonds is 8.